The summed E-state index contributed by atoms with van der Waals surface area (Å²) in [6.45, 7) is 8.69. The summed E-state index contributed by atoms with van der Waals surface area (Å²) < 4.78 is 8.78. The van der Waals surface area contributed by atoms with Gasteiger partial charge in [-0.15, -0.1) is 0 Å². The number of furan rings is 1. The van der Waals surface area contributed by atoms with E-state index in [-0.39, 0.29) is 5.41 Å². The van der Waals surface area contributed by atoms with Crippen LogP contribution in [0.15, 0.2) is 77.3 Å². The van der Waals surface area contributed by atoms with E-state index in [2.05, 4.69) is 106 Å². The van der Waals surface area contributed by atoms with Crippen molar-refractivity contribution in [2.75, 3.05) is 0 Å². The molecule has 162 valence electrons. The molecule has 5 aromatic rings. The van der Waals surface area contributed by atoms with Gasteiger partial charge >= 0.3 is 0 Å². The van der Waals surface area contributed by atoms with Gasteiger partial charge in [-0.3, -0.25) is 0 Å². The van der Waals surface area contributed by atoms with Gasteiger partial charge in [0.2, 0.25) is 5.69 Å². The molecule has 33 heavy (non-hydrogen) atoms. The lowest BCUT2D eigenvalue weighted by Gasteiger charge is -2.20. The maximum atomic E-state index is 9.86. The fraction of sp³-hybridized carbons (Fsp3) is 0.200. The summed E-state index contributed by atoms with van der Waals surface area (Å²) in [7, 11) is 2.05. The van der Waals surface area contributed by atoms with Gasteiger partial charge in [0.1, 0.15) is 18.2 Å². The average molecular weight is 432 g/mol. The SMILES string of the molecule is Cc1ccc2c(oc3c(-c4cc(C(C)(C)C)ccc4C#N)cccc32)c1-c1cccc[n+]1C. The number of nitrogens with zero attached hydrogens (tertiary/aromatic N) is 2. The fourth-order valence-corrected chi connectivity index (χ4v) is 4.60. The minimum atomic E-state index is -0.0170. The van der Waals surface area contributed by atoms with Crippen LogP contribution in [-0.2, 0) is 12.5 Å². The summed E-state index contributed by atoms with van der Waals surface area (Å²) in [5.41, 5.74) is 8.76. The predicted octanol–water partition coefficient (Wildman–Crippen LogP) is 7.22. The monoisotopic (exact) mass is 431 g/mol. The molecule has 5 rings (SSSR count). The van der Waals surface area contributed by atoms with Crippen molar-refractivity contribution >= 4 is 21.9 Å². The van der Waals surface area contributed by atoms with Crippen LogP contribution < -0.4 is 4.57 Å². The molecule has 0 aliphatic carbocycles. The molecular formula is C30H27N2O+. The number of fused-ring (bicyclic) bond motifs is 3. The molecule has 0 saturated carbocycles. The van der Waals surface area contributed by atoms with Gasteiger partial charge in [0, 0.05) is 34.0 Å². The van der Waals surface area contributed by atoms with Gasteiger partial charge in [0.15, 0.2) is 6.20 Å². The average Bonchev–Trinajstić information content (AvgIpc) is 3.17. The Hall–Kier alpha value is -3.90. The van der Waals surface area contributed by atoms with E-state index in [4.69, 9.17) is 4.42 Å². The van der Waals surface area contributed by atoms with Crippen molar-refractivity contribution in [3.05, 3.63) is 89.6 Å². The quantitative estimate of drug-likeness (QED) is 0.277. The molecule has 0 aliphatic rings. The lowest BCUT2D eigenvalue weighted by molar-refractivity contribution is -0.660. The van der Waals surface area contributed by atoms with E-state index in [1.165, 1.54) is 5.56 Å². The molecular weight excluding hydrogens is 404 g/mol. The number of aryl methyl sites for hydroxylation is 2. The van der Waals surface area contributed by atoms with Crippen molar-refractivity contribution < 1.29 is 8.98 Å². The van der Waals surface area contributed by atoms with Crippen LogP contribution in [0.3, 0.4) is 0 Å². The third-order valence-electron chi connectivity index (χ3n) is 6.48. The Labute approximate surface area is 194 Å². The zero-order valence-corrected chi connectivity index (χ0v) is 19.7. The van der Waals surface area contributed by atoms with Crippen molar-refractivity contribution in [3.8, 4) is 28.5 Å². The zero-order valence-electron chi connectivity index (χ0n) is 19.7. The molecule has 0 spiro atoms. The summed E-state index contributed by atoms with van der Waals surface area (Å²) in [5, 5.41) is 12.0. The second kappa shape index (κ2) is 7.60. The van der Waals surface area contributed by atoms with E-state index in [0.29, 0.717) is 5.56 Å². The number of hydrogen-bond donors (Lipinski definition) is 0. The molecule has 0 atom stereocenters. The van der Waals surface area contributed by atoms with Crippen LogP contribution in [-0.4, -0.2) is 0 Å². The van der Waals surface area contributed by atoms with Crippen LogP contribution in [0.25, 0.3) is 44.3 Å². The Bertz CT molecular complexity index is 1580. The van der Waals surface area contributed by atoms with Crippen LogP contribution in [0.4, 0.5) is 0 Å². The summed E-state index contributed by atoms with van der Waals surface area (Å²) in [5.74, 6) is 0. The number of aromatic nitrogens is 1. The van der Waals surface area contributed by atoms with E-state index < -0.39 is 0 Å². The van der Waals surface area contributed by atoms with Gasteiger partial charge < -0.3 is 4.42 Å². The van der Waals surface area contributed by atoms with E-state index in [1.54, 1.807) is 0 Å². The first-order chi connectivity index (χ1) is 15.8. The molecule has 3 heteroatoms. The Morgan fingerprint density at radius 1 is 0.848 bits per heavy atom. The smallest absolute Gasteiger partial charge is 0.216 e. The lowest BCUT2D eigenvalue weighted by atomic mass is 9.84. The summed E-state index contributed by atoms with van der Waals surface area (Å²) in [6.07, 6.45) is 2.05. The predicted molar refractivity (Wildman–Crippen MR) is 134 cm³/mol. The molecule has 2 aromatic heterocycles. The van der Waals surface area contributed by atoms with Gasteiger partial charge in [0.05, 0.1) is 17.2 Å². The third-order valence-corrected chi connectivity index (χ3v) is 6.48. The number of nitriles is 1. The van der Waals surface area contributed by atoms with Gasteiger partial charge in [0.25, 0.3) is 0 Å². The summed E-state index contributed by atoms with van der Waals surface area (Å²) in [4.78, 5) is 0. The van der Waals surface area contributed by atoms with E-state index in [0.717, 1.165) is 49.9 Å². The van der Waals surface area contributed by atoms with Crippen molar-refractivity contribution in [1.82, 2.24) is 0 Å². The molecule has 0 unspecified atom stereocenters. The first-order valence-corrected chi connectivity index (χ1v) is 11.2. The highest BCUT2D eigenvalue weighted by Gasteiger charge is 2.23. The Kier molecular flexibility index (Phi) is 4.83. The Morgan fingerprint density at radius 3 is 2.36 bits per heavy atom. The second-order valence-corrected chi connectivity index (χ2v) is 9.74. The molecule has 0 N–H and O–H groups in total. The normalized spacial score (nSPS) is 11.8. The number of benzene rings is 3. The van der Waals surface area contributed by atoms with Crippen molar-refractivity contribution in [3.63, 3.8) is 0 Å². The fourth-order valence-electron chi connectivity index (χ4n) is 4.60. The van der Waals surface area contributed by atoms with Gasteiger partial charge in [-0.2, -0.15) is 5.26 Å². The van der Waals surface area contributed by atoms with Crippen LogP contribution in [0.2, 0.25) is 0 Å². The molecule has 0 fully saturated rings. The van der Waals surface area contributed by atoms with Crippen LogP contribution >= 0.6 is 0 Å². The standard InChI is InChI=1S/C30H27N2O/c1-19-12-15-24-22-9-8-10-23(25-17-21(30(2,3)4)14-13-20(25)18-31)28(22)33-29(24)27(19)26-11-6-7-16-32(26)5/h6-17H,1-5H3/q+1. The number of hydrogen-bond acceptors (Lipinski definition) is 2. The summed E-state index contributed by atoms with van der Waals surface area (Å²) >= 11 is 0. The Balaban J connectivity index is 1.86. The number of pyridine rings is 1. The molecule has 0 saturated heterocycles. The molecule has 0 amide bonds. The Morgan fingerprint density at radius 2 is 1.64 bits per heavy atom. The maximum absolute atomic E-state index is 9.86. The van der Waals surface area contributed by atoms with Gasteiger partial charge in [-0.25, -0.2) is 4.57 Å². The molecule has 3 aromatic carbocycles. The van der Waals surface area contributed by atoms with Gasteiger partial charge in [-0.1, -0.05) is 57.2 Å². The van der Waals surface area contributed by atoms with E-state index >= 15 is 0 Å². The minimum Gasteiger partial charge on any atom is -0.454 e. The van der Waals surface area contributed by atoms with E-state index in [9.17, 15) is 5.26 Å². The number of rotatable bonds is 2. The summed E-state index contributed by atoms with van der Waals surface area (Å²) in [6, 6.07) is 25.2. The number of para-hydroxylation sites is 1. The molecule has 0 bridgehead atoms. The minimum absolute atomic E-state index is 0.0170. The van der Waals surface area contributed by atoms with E-state index in [1.807, 2.05) is 12.1 Å². The van der Waals surface area contributed by atoms with Gasteiger partial charge in [-0.05, 0) is 41.7 Å². The lowest BCUT2D eigenvalue weighted by Crippen LogP contribution is -2.30. The van der Waals surface area contributed by atoms with Crippen LogP contribution in [0.1, 0.15) is 37.5 Å². The zero-order chi connectivity index (χ0) is 23.3. The molecule has 0 radical (unpaired) electrons. The molecule has 0 aliphatic heterocycles. The highest BCUT2D eigenvalue weighted by atomic mass is 16.3. The maximum Gasteiger partial charge on any atom is 0.216 e. The largest absolute Gasteiger partial charge is 0.454 e. The van der Waals surface area contributed by atoms with Crippen molar-refractivity contribution in [2.45, 2.75) is 33.1 Å². The van der Waals surface area contributed by atoms with Crippen LogP contribution in [0.5, 0.6) is 0 Å². The highest BCUT2D eigenvalue weighted by Crippen LogP contribution is 2.41. The van der Waals surface area contributed by atoms with Crippen LogP contribution in [0, 0.1) is 18.3 Å². The third kappa shape index (κ3) is 3.39. The van der Waals surface area contributed by atoms with Crippen molar-refractivity contribution in [2.24, 2.45) is 7.05 Å². The topological polar surface area (TPSA) is 40.8 Å². The highest BCUT2D eigenvalue weighted by molar-refractivity contribution is 6.13. The first kappa shape index (κ1) is 21.0. The second-order valence-electron chi connectivity index (χ2n) is 9.74. The molecule has 2 heterocycles. The first-order valence-electron chi connectivity index (χ1n) is 11.2. The molecule has 3 nitrogen and oxygen atoms in total. The van der Waals surface area contributed by atoms with Crippen molar-refractivity contribution in [1.29, 1.82) is 5.26 Å².